The first-order valence-electron chi connectivity index (χ1n) is 6.41. The molecule has 2 amide bonds. The van der Waals surface area contributed by atoms with E-state index in [2.05, 4.69) is 11.6 Å². The summed E-state index contributed by atoms with van der Waals surface area (Å²) >= 11 is 1.81. The summed E-state index contributed by atoms with van der Waals surface area (Å²) in [6, 6.07) is -0.0543. The Balaban J connectivity index is 2.28. The van der Waals surface area contributed by atoms with Crippen LogP contribution in [-0.4, -0.2) is 53.1 Å². The minimum atomic E-state index is -0.818. The van der Waals surface area contributed by atoms with E-state index < -0.39 is 5.97 Å². The van der Waals surface area contributed by atoms with E-state index in [1.807, 2.05) is 16.7 Å². The number of rotatable bonds is 5. The maximum absolute atomic E-state index is 11.9. The number of nitrogens with one attached hydrogen (secondary N) is 1. The molecule has 0 spiro atoms. The fourth-order valence-corrected chi connectivity index (χ4v) is 2.76. The second kappa shape index (κ2) is 8.24. The SMILES string of the molecule is CSC1CCCCN(C(=O)NCCCC(=O)O)C1. The molecule has 18 heavy (non-hydrogen) atoms. The normalized spacial score (nSPS) is 20.3. The minimum absolute atomic E-state index is 0.0543. The summed E-state index contributed by atoms with van der Waals surface area (Å²) in [6.45, 7) is 2.04. The van der Waals surface area contributed by atoms with Gasteiger partial charge in [0.2, 0.25) is 0 Å². The van der Waals surface area contributed by atoms with Crippen LogP contribution in [0.15, 0.2) is 0 Å². The zero-order valence-electron chi connectivity index (χ0n) is 10.9. The molecule has 1 atom stereocenters. The molecule has 5 nitrogen and oxygen atoms in total. The van der Waals surface area contributed by atoms with Gasteiger partial charge in [0.25, 0.3) is 0 Å². The van der Waals surface area contributed by atoms with E-state index in [0.29, 0.717) is 18.2 Å². The topological polar surface area (TPSA) is 69.6 Å². The predicted molar refractivity (Wildman–Crippen MR) is 73.0 cm³/mol. The molecule has 1 saturated heterocycles. The fraction of sp³-hybridized carbons (Fsp3) is 0.833. The van der Waals surface area contributed by atoms with Gasteiger partial charge in [-0.1, -0.05) is 6.42 Å². The number of carbonyl (C=O) groups excluding carboxylic acids is 1. The van der Waals surface area contributed by atoms with Crippen LogP contribution >= 0.6 is 11.8 Å². The van der Waals surface area contributed by atoms with Crippen LogP contribution < -0.4 is 5.32 Å². The van der Waals surface area contributed by atoms with Gasteiger partial charge in [-0.15, -0.1) is 0 Å². The van der Waals surface area contributed by atoms with Gasteiger partial charge in [-0.25, -0.2) is 4.79 Å². The number of carboxylic acid groups (broad SMARTS) is 1. The third kappa shape index (κ3) is 5.62. The number of aliphatic carboxylic acids is 1. The largest absolute Gasteiger partial charge is 0.481 e. The minimum Gasteiger partial charge on any atom is -0.481 e. The molecule has 0 bridgehead atoms. The van der Waals surface area contributed by atoms with E-state index in [1.54, 1.807) is 0 Å². The molecule has 1 heterocycles. The third-order valence-electron chi connectivity index (χ3n) is 3.09. The predicted octanol–water partition coefficient (Wildman–Crippen LogP) is 1.78. The molecular formula is C12H22N2O3S. The highest BCUT2D eigenvalue weighted by Crippen LogP contribution is 2.19. The van der Waals surface area contributed by atoms with Crippen molar-refractivity contribution in [2.75, 3.05) is 25.9 Å². The van der Waals surface area contributed by atoms with Crippen LogP contribution in [0.25, 0.3) is 0 Å². The highest BCUT2D eigenvalue weighted by Gasteiger charge is 2.20. The summed E-state index contributed by atoms with van der Waals surface area (Å²) in [4.78, 5) is 24.1. The first-order valence-corrected chi connectivity index (χ1v) is 7.69. The second-order valence-electron chi connectivity index (χ2n) is 4.53. The van der Waals surface area contributed by atoms with Crippen LogP contribution in [0.2, 0.25) is 0 Å². The highest BCUT2D eigenvalue weighted by molar-refractivity contribution is 7.99. The summed E-state index contributed by atoms with van der Waals surface area (Å²) < 4.78 is 0. The molecule has 1 aliphatic rings. The number of nitrogens with zero attached hydrogens (tertiary/aromatic N) is 1. The van der Waals surface area contributed by atoms with Crippen molar-refractivity contribution in [1.82, 2.24) is 10.2 Å². The van der Waals surface area contributed by atoms with Gasteiger partial charge >= 0.3 is 12.0 Å². The first kappa shape index (κ1) is 15.1. The fourth-order valence-electron chi connectivity index (χ4n) is 2.03. The lowest BCUT2D eigenvalue weighted by Gasteiger charge is -2.23. The Morgan fingerprint density at radius 2 is 2.22 bits per heavy atom. The van der Waals surface area contributed by atoms with Crippen molar-refractivity contribution in [2.45, 2.75) is 37.4 Å². The summed E-state index contributed by atoms with van der Waals surface area (Å²) in [5.74, 6) is -0.818. The van der Waals surface area contributed by atoms with E-state index in [4.69, 9.17) is 5.11 Å². The Bertz CT molecular complexity index is 286. The molecule has 0 aromatic carbocycles. The lowest BCUT2D eigenvalue weighted by molar-refractivity contribution is -0.137. The Morgan fingerprint density at radius 1 is 1.44 bits per heavy atom. The zero-order chi connectivity index (χ0) is 13.4. The van der Waals surface area contributed by atoms with Gasteiger partial charge in [0.1, 0.15) is 0 Å². The van der Waals surface area contributed by atoms with Crippen LogP contribution in [0.1, 0.15) is 32.1 Å². The van der Waals surface area contributed by atoms with E-state index >= 15 is 0 Å². The number of thioether (sulfide) groups is 1. The van der Waals surface area contributed by atoms with Crippen molar-refractivity contribution >= 4 is 23.8 Å². The smallest absolute Gasteiger partial charge is 0.317 e. The molecule has 0 saturated carbocycles. The van der Waals surface area contributed by atoms with Crippen molar-refractivity contribution in [3.63, 3.8) is 0 Å². The molecule has 1 unspecified atom stereocenters. The molecule has 6 heteroatoms. The quantitative estimate of drug-likeness (QED) is 0.750. The maximum atomic E-state index is 11.9. The van der Waals surface area contributed by atoms with Gasteiger partial charge in [-0.3, -0.25) is 4.79 Å². The van der Waals surface area contributed by atoms with Gasteiger partial charge in [-0.05, 0) is 25.5 Å². The number of carbonyl (C=O) groups is 2. The monoisotopic (exact) mass is 274 g/mol. The Hall–Kier alpha value is -0.910. The van der Waals surface area contributed by atoms with Crippen LogP contribution in [0, 0.1) is 0 Å². The molecular weight excluding hydrogens is 252 g/mol. The van der Waals surface area contributed by atoms with E-state index in [0.717, 1.165) is 19.5 Å². The van der Waals surface area contributed by atoms with Crippen molar-refractivity contribution in [1.29, 1.82) is 0 Å². The Kier molecular flexibility index (Phi) is 6.93. The van der Waals surface area contributed by atoms with Gasteiger partial charge in [0, 0.05) is 31.3 Å². The summed E-state index contributed by atoms with van der Waals surface area (Å²) in [5.41, 5.74) is 0. The Morgan fingerprint density at radius 3 is 2.89 bits per heavy atom. The number of urea groups is 1. The third-order valence-corrected chi connectivity index (χ3v) is 4.14. The van der Waals surface area contributed by atoms with Gasteiger partial charge in [0.15, 0.2) is 0 Å². The summed E-state index contributed by atoms with van der Waals surface area (Å²) in [5, 5.41) is 11.8. The van der Waals surface area contributed by atoms with Crippen molar-refractivity contribution in [2.24, 2.45) is 0 Å². The first-order chi connectivity index (χ1) is 8.63. The van der Waals surface area contributed by atoms with Crippen molar-refractivity contribution < 1.29 is 14.7 Å². The molecule has 0 radical (unpaired) electrons. The number of carboxylic acids is 1. The molecule has 1 rings (SSSR count). The Labute approximate surface area is 112 Å². The van der Waals surface area contributed by atoms with Gasteiger partial charge < -0.3 is 15.3 Å². The second-order valence-corrected chi connectivity index (χ2v) is 5.67. The molecule has 0 aromatic rings. The number of amides is 2. The molecule has 104 valence electrons. The van der Waals surface area contributed by atoms with Gasteiger partial charge in [0.05, 0.1) is 0 Å². The standard InChI is InChI=1S/C12H22N2O3S/c1-18-10-5-2-3-8-14(9-10)12(17)13-7-4-6-11(15)16/h10H,2-9H2,1H3,(H,13,17)(H,15,16). The average molecular weight is 274 g/mol. The zero-order valence-corrected chi connectivity index (χ0v) is 11.7. The lowest BCUT2D eigenvalue weighted by atomic mass is 10.2. The molecule has 1 fully saturated rings. The van der Waals surface area contributed by atoms with Crippen LogP contribution in [0.3, 0.4) is 0 Å². The number of likely N-dealkylation sites (tertiary alicyclic amines) is 1. The van der Waals surface area contributed by atoms with E-state index in [1.165, 1.54) is 12.8 Å². The van der Waals surface area contributed by atoms with Crippen LogP contribution in [0.4, 0.5) is 4.79 Å². The number of hydrogen-bond acceptors (Lipinski definition) is 3. The van der Waals surface area contributed by atoms with E-state index in [9.17, 15) is 9.59 Å². The molecule has 2 N–H and O–H groups in total. The lowest BCUT2D eigenvalue weighted by Crippen LogP contribution is -2.43. The van der Waals surface area contributed by atoms with Crippen molar-refractivity contribution in [3.8, 4) is 0 Å². The maximum Gasteiger partial charge on any atom is 0.317 e. The molecule has 1 aliphatic heterocycles. The van der Waals surface area contributed by atoms with Crippen molar-refractivity contribution in [3.05, 3.63) is 0 Å². The van der Waals surface area contributed by atoms with Crippen LogP contribution in [0.5, 0.6) is 0 Å². The average Bonchev–Trinajstić information content (AvgIpc) is 2.59. The van der Waals surface area contributed by atoms with Gasteiger partial charge in [-0.2, -0.15) is 11.8 Å². The molecule has 0 aliphatic carbocycles. The summed E-state index contributed by atoms with van der Waals surface area (Å²) in [6.07, 6.45) is 6.07. The van der Waals surface area contributed by atoms with E-state index in [-0.39, 0.29) is 12.5 Å². The highest BCUT2D eigenvalue weighted by atomic mass is 32.2. The number of hydrogen-bond donors (Lipinski definition) is 2. The molecule has 0 aromatic heterocycles. The summed E-state index contributed by atoms with van der Waals surface area (Å²) in [7, 11) is 0. The van der Waals surface area contributed by atoms with Crippen LogP contribution in [-0.2, 0) is 4.79 Å².